The van der Waals surface area contributed by atoms with Crippen molar-refractivity contribution in [1.82, 2.24) is 0 Å². The average molecular weight is 403 g/mol. The molecule has 0 bridgehead atoms. The summed E-state index contributed by atoms with van der Waals surface area (Å²) in [5, 5.41) is 8.71. The number of unbranched alkanes of at least 4 members (excludes halogenated alkanes) is 3. The predicted octanol–water partition coefficient (Wildman–Crippen LogP) is 6.70. The van der Waals surface area contributed by atoms with E-state index in [2.05, 4.69) is 43.5 Å². The monoisotopic (exact) mass is 402 g/mol. The van der Waals surface area contributed by atoms with Crippen molar-refractivity contribution in [3.63, 3.8) is 0 Å². The molecule has 0 spiro atoms. The average Bonchev–Trinajstić information content (AvgIpc) is 2.67. The summed E-state index contributed by atoms with van der Waals surface area (Å²) < 4.78 is -0.0508. The van der Waals surface area contributed by atoms with Crippen LogP contribution < -0.4 is 0 Å². The van der Waals surface area contributed by atoms with Crippen LogP contribution in [0.3, 0.4) is 0 Å². The number of carboxylic acids is 1. The van der Waals surface area contributed by atoms with Gasteiger partial charge in [-0.1, -0.05) is 54.9 Å². The van der Waals surface area contributed by atoms with Crippen LogP contribution in [-0.2, 0) is 4.79 Å². The van der Waals surface area contributed by atoms with Crippen molar-refractivity contribution in [3.8, 4) is 0 Å². The largest absolute Gasteiger partial charge is 0.481 e. The number of allylic oxidation sites excluding steroid dienone is 6. The Morgan fingerprint density at radius 2 is 1.81 bits per heavy atom. The zero-order valence-electron chi connectivity index (χ0n) is 16.0. The summed E-state index contributed by atoms with van der Waals surface area (Å²) in [6, 6.07) is 0. The molecule has 0 radical (unpaired) electrons. The lowest BCUT2D eigenvalue weighted by molar-refractivity contribution is -0.137. The SMILES string of the molecule is C=CCSC1(SCC=C)C=CC2=C(CCCCCCC(=O)O)CC=CC2=C1. The number of carbonyl (C=O) groups is 1. The van der Waals surface area contributed by atoms with Crippen molar-refractivity contribution < 1.29 is 9.90 Å². The van der Waals surface area contributed by atoms with Gasteiger partial charge in [-0.25, -0.2) is 0 Å². The van der Waals surface area contributed by atoms with Crippen LogP contribution in [0, 0.1) is 0 Å². The second kappa shape index (κ2) is 11.5. The lowest BCUT2D eigenvalue weighted by Gasteiger charge is -2.32. The van der Waals surface area contributed by atoms with Crippen molar-refractivity contribution >= 4 is 29.5 Å². The third kappa shape index (κ3) is 6.93. The fourth-order valence-electron chi connectivity index (χ4n) is 3.34. The minimum atomic E-state index is -0.688. The van der Waals surface area contributed by atoms with Gasteiger partial charge in [0.1, 0.15) is 0 Å². The van der Waals surface area contributed by atoms with Crippen LogP contribution in [0.25, 0.3) is 0 Å². The van der Waals surface area contributed by atoms with Gasteiger partial charge in [-0.05, 0) is 42.9 Å². The third-order valence-electron chi connectivity index (χ3n) is 4.67. The molecule has 0 atom stereocenters. The number of thioether (sulfide) groups is 2. The van der Waals surface area contributed by atoms with E-state index in [9.17, 15) is 4.79 Å². The summed E-state index contributed by atoms with van der Waals surface area (Å²) >= 11 is 3.80. The van der Waals surface area contributed by atoms with Crippen LogP contribution in [0.2, 0.25) is 0 Å². The summed E-state index contributed by atoms with van der Waals surface area (Å²) in [7, 11) is 0. The van der Waals surface area contributed by atoms with Crippen LogP contribution in [-0.4, -0.2) is 26.7 Å². The molecular weight excluding hydrogens is 372 g/mol. The van der Waals surface area contributed by atoms with Crippen molar-refractivity contribution in [3.05, 3.63) is 72.4 Å². The number of hydrogen-bond donors (Lipinski definition) is 1. The van der Waals surface area contributed by atoms with E-state index >= 15 is 0 Å². The first-order valence-corrected chi connectivity index (χ1v) is 11.6. The van der Waals surface area contributed by atoms with Crippen LogP contribution in [0.15, 0.2) is 72.4 Å². The standard InChI is InChI=1S/C23H30O2S2/c1-3-16-26-23(27-17-4-2)15-14-21-19(11-9-12-20(21)18-23)10-7-5-6-8-13-22(24)25/h3-4,9,12,14-15,18H,1-2,5-8,10-11,13,16-17H2,(H,24,25). The molecule has 27 heavy (non-hydrogen) atoms. The number of carboxylic acid groups (broad SMARTS) is 1. The molecule has 2 rings (SSSR count). The summed E-state index contributed by atoms with van der Waals surface area (Å²) in [5.41, 5.74) is 4.23. The van der Waals surface area contributed by atoms with Crippen LogP contribution in [0.1, 0.15) is 44.9 Å². The van der Waals surface area contributed by atoms with Gasteiger partial charge < -0.3 is 5.11 Å². The molecule has 1 N–H and O–H groups in total. The van der Waals surface area contributed by atoms with Gasteiger partial charge in [0.25, 0.3) is 0 Å². The lowest BCUT2D eigenvalue weighted by atomic mass is 9.86. The summed E-state index contributed by atoms with van der Waals surface area (Å²) in [5.74, 6) is 1.15. The van der Waals surface area contributed by atoms with E-state index in [0.29, 0.717) is 6.42 Å². The van der Waals surface area contributed by atoms with Gasteiger partial charge in [-0.15, -0.1) is 36.7 Å². The Hall–Kier alpha value is -1.39. The highest BCUT2D eigenvalue weighted by Gasteiger charge is 2.30. The summed E-state index contributed by atoms with van der Waals surface area (Å²) in [6.07, 6.45) is 21.9. The Bertz CT molecular complexity index is 656. The molecular formula is C23H30O2S2. The molecule has 0 saturated heterocycles. The lowest BCUT2D eigenvalue weighted by Crippen LogP contribution is -2.20. The number of rotatable bonds is 13. The molecule has 0 aromatic rings. The van der Waals surface area contributed by atoms with E-state index in [0.717, 1.165) is 50.0 Å². The van der Waals surface area contributed by atoms with Gasteiger partial charge >= 0.3 is 5.97 Å². The fourth-order valence-corrected chi connectivity index (χ4v) is 5.59. The van der Waals surface area contributed by atoms with E-state index in [1.165, 1.54) is 16.7 Å². The van der Waals surface area contributed by atoms with E-state index in [4.69, 9.17) is 5.11 Å². The fraction of sp³-hybridized carbons (Fsp3) is 0.435. The summed E-state index contributed by atoms with van der Waals surface area (Å²) in [4.78, 5) is 10.6. The third-order valence-corrected chi connectivity index (χ3v) is 7.59. The molecule has 146 valence electrons. The van der Waals surface area contributed by atoms with Crippen molar-refractivity contribution in [2.45, 2.75) is 49.0 Å². The van der Waals surface area contributed by atoms with Gasteiger partial charge in [0.15, 0.2) is 0 Å². The molecule has 0 heterocycles. The maximum Gasteiger partial charge on any atom is 0.303 e. The van der Waals surface area contributed by atoms with Crippen molar-refractivity contribution in [2.75, 3.05) is 11.5 Å². The second-order valence-corrected chi connectivity index (χ2v) is 9.64. The minimum absolute atomic E-state index is 0.0508. The van der Waals surface area contributed by atoms with Gasteiger partial charge in [0.05, 0.1) is 4.08 Å². The highest BCUT2D eigenvalue weighted by molar-refractivity contribution is 8.18. The molecule has 0 saturated carbocycles. The molecule has 0 aromatic carbocycles. The first-order valence-electron chi connectivity index (χ1n) is 9.63. The number of fused-ring (bicyclic) bond motifs is 1. The van der Waals surface area contributed by atoms with Crippen LogP contribution in [0.5, 0.6) is 0 Å². The van der Waals surface area contributed by atoms with E-state index in [-0.39, 0.29) is 4.08 Å². The minimum Gasteiger partial charge on any atom is -0.481 e. The van der Waals surface area contributed by atoms with Gasteiger partial charge in [-0.3, -0.25) is 4.79 Å². The first kappa shape index (κ1) is 21.9. The van der Waals surface area contributed by atoms with Gasteiger partial charge in [0.2, 0.25) is 0 Å². The molecule has 0 aromatic heterocycles. The maximum absolute atomic E-state index is 10.6. The Morgan fingerprint density at radius 1 is 1.11 bits per heavy atom. The molecule has 2 aliphatic rings. The number of aliphatic carboxylic acids is 1. The van der Waals surface area contributed by atoms with Gasteiger partial charge in [-0.2, -0.15) is 0 Å². The zero-order valence-corrected chi connectivity index (χ0v) is 17.6. The maximum atomic E-state index is 10.6. The Kier molecular flexibility index (Phi) is 9.29. The van der Waals surface area contributed by atoms with Crippen molar-refractivity contribution in [1.29, 1.82) is 0 Å². The molecule has 0 unspecified atom stereocenters. The molecule has 2 aliphatic carbocycles. The molecule has 0 aliphatic heterocycles. The summed E-state index contributed by atoms with van der Waals surface area (Å²) in [6.45, 7) is 7.73. The topological polar surface area (TPSA) is 37.3 Å². The highest BCUT2D eigenvalue weighted by atomic mass is 32.2. The zero-order chi connectivity index (χ0) is 19.5. The molecule has 0 fully saturated rings. The molecule has 2 nitrogen and oxygen atoms in total. The quantitative estimate of drug-likeness (QED) is 0.211. The molecule has 0 amide bonds. The van der Waals surface area contributed by atoms with Crippen molar-refractivity contribution in [2.24, 2.45) is 0 Å². The van der Waals surface area contributed by atoms with E-state index in [1.54, 1.807) is 0 Å². The van der Waals surface area contributed by atoms with Crippen LogP contribution >= 0.6 is 23.5 Å². The normalized spacial score (nSPS) is 17.4. The Morgan fingerprint density at radius 3 is 2.48 bits per heavy atom. The highest BCUT2D eigenvalue weighted by Crippen LogP contribution is 2.46. The molecule has 4 heteroatoms. The Labute approximate surface area is 172 Å². The second-order valence-electron chi connectivity index (χ2n) is 6.79. The van der Waals surface area contributed by atoms with Gasteiger partial charge in [0, 0.05) is 17.9 Å². The Balaban J connectivity index is 2.00. The predicted molar refractivity (Wildman–Crippen MR) is 121 cm³/mol. The first-order chi connectivity index (χ1) is 13.1. The smallest absolute Gasteiger partial charge is 0.303 e. The van der Waals surface area contributed by atoms with E-state index in [1.807, 2.05) is 35.7 Å². The van der Waals surface area contributed by atoms with E-state index < -0.39 is 5.97 Å². The van der Waals surface area contributed by atoms with Crippen LogP contribution in [0.4, 0.5) is 0 Å². The number of hydrogen-bond acceptors (Lipinski definition) is 3.